The maximum Gasteiger partial charge on any atom is 0.407 e. The van der Waals surface area contributed by atoms with Crippen LogP contribution in [0.25, 0.3) is 11.1 Å². The predicted octanol–water partition coefficient (Wildman–Crippen LogP) is 3.87. The fourth-order valence-electron chi connectivity index (χ4n) is 7.82. The molecule has 2 saturated heterocycles. The molecule has 14 nitrogen and oxygen atoms in total. The Hall–Kier alpha value is -4.99. The fourth-order valence-corrected chi connectivity index (χ4v) is 7.82. The number of piperidine rings is 1. The van der Waals surface area contributed by atoms with E-state index in [0.29, 0.717) is 19.5 Å². The number of amides is 1. The Morgan fingerprint density at radius 1 is 1.02 bits per heavy atom. The van der Waals surface area contributed by atoms with Crippen molar-refractivity contribution in [2.75, 3.05) is 38.7 Å². The molecule has 3 aliphatic rings. The number of nitrogens with zero attached hydrogens (tertiary/aromatic N) is 1. The molecule has 1 amide bonds. The molecule has 3 aromatic rings. The Bertz CT molecular complexity index is 1810. The minimum absolute atomic E-state index is 0.0567. The lowest BCUT2D eigenvalue weighted by Gasteiger charge is -2.42. The first-order valence-electron chi connectivity index (χ1n) is 18.7. The lowest BCUT2D eigenvalue weighted by molar-refractivity contribution is -0.942. The van der Waals surface area contributed by atoms with Crippen LogP contribution in [0.15, 0.2) is 79.4 Å². The van der Waals surface area contributed by atoms with Gasteiger partial charge in [0.25, 0.3) is 0 Å². The number of likely N-dealkylation sites (N-methyl/N-ethyl adjacent to an activating group) is 1. The van der Waals surface area contributed by atoms with E-state index in [9.17, 15) is 34.8 Å². The van der Waals surface area contributed by atoms with E-state index in [1.165, 1.54) is 6.08 Å². The van der Waals surface area contributed by atoms with Crippen molar-refractivity contribution in [3.8, 4) is 16.9 Å². The molecule has 55 heavy (non-hydrogen) atoms. The normalized spacial score (nSPS) is 25.1. The van der Waals surface area contributed by atoms with Crippen LogP contribution in [0.2, 0.25) is 0 Å². The van der Waals surface area contributed by atoms with Crippen molar-refractivity contribution in [2.45, 2.75) is 81.4 Å². The van der Waals surface area contributed by atoms with Gasteiger partial charge < -0.3 is 54.5 Å². The number of carbonyl (C=O) groups is 3. The summed E-state index contributed by atoms with van der Waals surface area (Å²) in [6.45, 7) is 4.71. The summed E-state index contributed by atoms with van der Waals surface area (Å²) < 4.78 is 22.7. The van der Waals surface area contributed by atoms with Gasteiger partial charge in [0.05, 0.1) is 25.4 Å². The summed E-state index contributed by atoms with van der Waals surface area (Å²) in [4.78, 5) is 37.5. The van der Waals surface area contributed by atoms with E-state index in [-0.39, 0.29) is 54.4 Å². The van der Waals surface area contributed by atoms with Gasteiger partial charge in [-0.1, -0.05) is 61.2 Å². The zero-order valence-corrected chi connectivity index (χ0v) is 30.8. The van der Waals surface area contributed by atoms with Gasteiger partial charge in [-0.05, 0) is 53.3 Å². The molecule has 7 atom stereocenters. The van der Waals surface area contributed by atoms with E-state index < -0.39 is 54.9 Å². The molecule has 294 valence electrons. The van der Waals surface area contributed by atoms with Gasteiger partial charge in [-0.2, -0.15) is 0 Å². The summed E-state index contributed by atoms with van der Waals surface area (Å²) >= 11 is 0. The molecule has 6 rings (SSSR count). The van der Waals surface area contributed by atoms with Crippen LogP contribution in [0.3, 0.4) is 0 Å². The number of ether oxygens (including phenoxy) is 4. The summed E-state index contributed by atoms with van der Waals surface area (Å²) in [7, 11) is 1.92. The molecule has 6 N–H and O–H groups in total. The second-order valence-electron chi connectivity index (χ2n) is 14.6. The maximum atomic E-state index is 12.8. The standard InChI is InChI=1S/C41H49N3O11/c1-3-20-52-39(50)35-22-33(45)37(47)40(55-35)54-34-16-15-25(23-44(2)19-9-8-14-32(44)38(48)49)21-31(34)43-36(46)17-18-42-41(51)53-24-30-28-12-6-4-10-26(28)27-11-5-7-13-29(27)30/h3-7,10-13,15-16,21,30,32-33,35-37,40,43,45-47H,1,8-9,14,17-20,22-24H2,2H3,(H-,42,48,49,51)/p+1/t32-,33+,35+,36-,37-,40-,44?/m1/s1. The molecule has 0 radical (unpaired) electrons. The second-order valence-corrected chi connectivity index (χ2v) is 14.6. The zero-order chi connectivity index (χ0) is 39.1. The summed E-state index contributed by atoms with van der Waals surface area (Å²) in [5.74, 6) is -1.58. The number of rotatable bonds is 15. The molecule has 0 bridgehead atoms. The third kappa shape index (κ3) is 9.28. The Balaban J connectivity index is 1.12. The Morgan fingerprint density at radius 2 is 1.73 bits per heavy atom. The van der Waals surface area contributed by atoms with Gasteiger partial charge in [0, 0.05) is 37.3 Å². The first kappa shape index (κ1) is 39.7. The molecule has 14 heteroatoms. The highest BCUT2D eigenvalue weighted by atomic mass is 16.7. The van der Waals surface area contributed by atoms with Crippen LogP contribution in [0.1, 0.15) is 54.7 Å². The highest BCUT2D eigenvalue weighted by molar-refractivity contribution is 5.79. The van der Waals surface area contributed by atoms with E-state index in [4.69, 9.17) is 18.9 Å². The lowest BCUT2D eigenvalue weighted by atomic mass is 9.97. The van der Waals surface area contributed by atoms with Crippen molar-refractivity contribution in [1.29, 1.82) is 0 Å². The van der Waals surface area contributed by atoms with Crippen molar-refractivity contribution in [1.82, 2.24) is 5.32 Å². The average Bonchev–Trinajstić information content (AvgIpc) is 3.49. The molecule has 0 spiro atoms. The first-order chi connectivity index (χ1) is 26.5. The number of aliphatic hydroxyl groups is 3. The number of quaternary nitrogens is 1. The fraction of sp³-hybridized carbons (Fsp3) is 0.439. The van der Waals surface area contributed by atoms with Gasteiger partial charge >= 0.3 is 18.0 Å². The highest BCUT2D eigenvalue weighted by Gasteiger charge is 2.43. The minimum atomic E-state index is -1.52. The summed E-state index contributed by atoms with van der Waals surface area (Å²) in [6.07, 6.45) is -3.89. The Labute approximate surface area is 319 Å². The molecule has 3 aromatic carbocycles. The van der Waals surface area contributed by atoms with E-state index >= 15 is 0 Å². The number of esters is 1. The van der Waals surface area contributed by atoms with Crippen LogP contribution in [0.4, 0.5) is 10.5 Å². The van der Waals surface area contributed by atoms with Crippen LogP contribution in [-0.2, 0) is 30.3 Å². The molecule has 2 aliphatic heterocycles. The molecule has 1 aliphatic carbocycles. The van der Waals surface area contributed by atoms with Gasteiger partial charge in [-0.15, -0.1) is 0 Å². The van der Waals surface area contributed by atoms with E-state index in [1.54, 1.807) is 18.2 Å². The smallest absolute Gasteiger partial charge is 0.407 e. The number of carbonyl (C=O) groups excluding carboxylic acids is 2. The molecule has 2 fully saturated rings. The average molecular weight is 761 g/mol. The summed E-state index contributed by atoms with van der Waals surface area (Å²) in [5, 5.41) is 48.1. The van der Waals surface area contributed by atoms with Crippen LogP contribution >= 0.6 is 0 Å². The van der Waals surface area contributed by atoms with Crippen molar-refractivity contribution in [3.63, 3.8) is 0 Å². The number of hydrogen-bond donors (Lipinski definition) is 6. The Kier molecular flexibility index (Phi) is 12.7. The number of fused-ring (bicyclic) bond motifs is 3. The predicted molar refractivity (Wildman–Crippen MR) is 201 cm³/mol. The minimum Gasteiger partial charge on any atom is -0.477 e. The quantitative estimate of drug-likeness (QED) is 0.0568. The van der Waals surface area contributed by atoms with Crippen LogP contribution in [0, 0.1) is 0 Å². The molecule has 2 heterocycles. The number of carboxylic acid groups (broad SMARTS) is 1. The SMILES string of the molecule is C=CCOC(=O)[C@@H]1C[C@H](O)[C@@H](O)[C@H](Oc2ccc(C[N+]3(C)CCCC[C@@H]3C(=O)O)cc2N[C@H](O)CCNC(=O)OCC2c3ccccc3-c3ccccc32)O1. The van der Waals surface area contributed by atoms with Crippen molar-refractivity contribution in [2.24, 2.45) is 0 Å². The Morgan fingerprint density at radius 3 is 2.42 bits per heavy atom. The number of hydrogen-bond acceptors (Lipinski definition) is 11. The van der Waals surface area contributed by atoms with Crippen molar-refractivity contribution >= 4 is 23.7 Å². The number of alkyl carbamates (subject to hydrolysis) is 1. The topological polar surface area (TPSA) is 193 Å². The zero-order valence-electron chi connectivity index (χ0n) is 30.8. The molecular formula is C41H50N3O11+. The van der Waals surface area contributed by atoms with Gasteiger partial charge in [0.15, 0.2) is 12.1 Å². The van der Waals surface area contributed by atoms with Gasteiger partial charge in [-0.3, -0.25) is 0 Å². The number of aliphatic carboxylic acids is 1. The van der Waals surface area contributed by atoms with Crippen LogP contribution in [-0.4, -0.2) is 113 Å². The number of anilines is 1. The highest BCUT2D eigenvalue weighted by Crippen LogP contribution is 2.44. The largest absolute Gasteiger partial charge is 0.477 e. The summed E-state index contributed by atoms with van der Waals surface area (Å²) in [5.41, 5.74) is 5.46. The van der Waals surface area contributed by atoms with E-state index in [1.807, 2.05) is 43.4 Å². The van der Waals surface area contributed by atoms with Gasteiger partial charge in [0.1, 0.15) is 37.8 Å². The number of nitrogens with one attached hydrogen (secondary N) is 2. The van der Waals surface area contributed by atoms with E-state index in [0.717, 1.165) is 40.7 Å². The molecular weight excluding hydrogens is 710 g/mol. The number of benzene rings is 3. The molecule has 0 aromatic heterocycles. The first-order valence-corrected chi connectivity index (χ1v) is 18.7. The summed E-state index contributed by atoms with van der Waals surface area (Å²) in [6, 6.07) is 20.6. The van der Waals surface area contributed by atoms with Gasteiger partial charge in [-0.25, -0.2) is 14.4 Å². The van der Waals surface area contributed by atoms with Crippen molar-refractivity contribution < 1.29 is 58.2 Å². The van der Waals surface area contributed by atoms with Crippen molar-refractivity contribution in [3.05, 3.63) is 96.1 Å². The number of aliphatic hydroxyl groups excluding tert-OH is 3. The molecule has 1 unspecified atom stereocenters. The maximum absolute atomic E-state index is 12.8. The van der Waals surface area contributed by atoms with Crippen LogP contribution < -0.4 is 15.4 Å². The monoisotopic (exact) mass is 760 g/mol. The van der Waals surface area contributed by atoms with Gasteiger partial charge in [0.2, 0.25) is 6.29 Å². The van der Waals surface area contributed by atoms with E-state index in [2.05, 4.69) is 29.3 Å². The third-order valence-corrected chi connectivity index (χ3v) is 10.7. The number of carboxylic acids is 1. The molecule has 0 saturated carbocycles. The van der Waals surface area contributed by atoms with Crippen LogP contribution in [0.5, 0.6) is 5.75 Å². The second kappa shape index (κ2) is 17.6. The number of likely N-dealkylation sites (tertiary alicyclic amines) is 1. The third-order valence-electron chi connectivity index (χ3n) is 10.7. The lowest BCUT2D eigenvalue weighted by Crippen LogP contribution is -2.57.